The normalized spacial score (nSPS) is 26.3. The average molecular weight is 195 g/mol. The van der Waals surface area contributed by atoms with E-state index in [9.17, 15) is 12.8 Å². The topological polar surface area (TPSA) is 37.4 Å². The first-order valence-electron chi connectivity index (χ1n) is 4.14. The summed E-state index contributed by atoms with van der Waals surface area (Å²) in [4.78, 5) is 0. The van der Waals surface area contributed by atoms with Gasteiger partial charge in [0.15, 0.2) is 0 Å². The summed E-state index contributed by atoms with van der Waals surface area (Å²) in [5.74, 6) is 0.0396. The Bertz CT molecular complexity index is 240. The smallest absolute Gasteiger partial charge is 0.213 e. The second-order valence-corrected chi connectivity index (χ2v) is 5.33. The lowest BCUT2D eigenvalue weighted by Gasteiger charge is -2.13. The van der Waals surface area contributed by atoms with Crippen LogP contribution in [0.2, 0.25) is 0 Å². The predicted octanol–water partition coefficient (Wildman–Crippen LogP) is 0.628. The van der Waals surface area contributed by atoms with Gasteiger partial charge in [0, 0.05) is 19.0 Å². The number of hydrogen-bond acceptors (Lipinski definition) is 2. The van der Waals surface area contributed by atoms with E-state index in [1.165, 1.54) is 4.31 Å². The molecular formula is C7H14FNO2S. The van der Waals surface area contributed by atoms with Gasteiger partial charge in [0.2, 0.25) is 10.0 Å². The van der Waals surface area contributed by atoms with Gasteiger partial charge in [-0.15, -0.1) is 0 Å². The van der Waals surface area contributed by atoms with Crippen LogP contribution in [0.5, 0.6) is 0 Å². The molecule has 1 fully saturated rings. The number of nitrogens with zero attached hydrogens (tertiary/aromatic N) is 1. The monoisotopic (exact) mass is 195 g/mol. The van der Waals surface area contributed by atoms with Crippen LogP contribution in [-0.2, 0) is 10.0 Å². The quantitative estimate of drug-likeness (QED) is 0.662. The van der Waals surface area contributed by atoms with E-state index >= 15 is 0 Å². The third kappa shape index (κ3) is 1.95. The third-order valence-corrected chi connectivity index (χ3v) is 4.07. The third-order valence-electron chi connectivity index (χ3n) is 2.22. The number of hydrogen-bond donors (Lipinski definition) is 0. The van der Waals surface area contributed by atoms with Gasteiger partial charge in [0.05, 0.1) is 12.4 Å². The molecule has 5 heteroatoms. The van der Waals surface area contributed by atoms with Crippen molar-refractivity contribution in [3.63, 3.8) is 0 Å². The Hall–Kier alpha value is -0.160. The maximum Gasteiger partial charge on any atom is 0.213 e. The van der Waals surface area contributed by atoms with Gasteiger partial charge in [-0.25, -0.2) is 12.7 Å². The Morgan fingerprint density at radius 1 is 1.58 bits per heavy atom. The van der Waals surface area contributed by atoms with Crippen LogP contribution in [-0.4, -0.2) is 38.2 Å². The van der Waals surface area contributed by atoms with Crippen molar-refractivity contribution in [1.82, 2.24) is 4.31 Å². The van der Waals surface area contributed by atoms with E-state index in [2.05, 4.69) is 0 Å². The maximum absolute atomic E-state index is 12.1. The van der Waals surface area contributed by atoms with E-state index < -0.39 is 16.7 Å². The molecule has 0 aliphatic carbocycles. The summed E-state index contributed by atoms with van der Waals surface area (Å²) < 4.78 is 36.1. The Labute approximate surface area is 72.6 Å². The summed E-state index contributed by atoms with van der Waals surface area (Å²) in [5, 5.41) is 0. The largest absolute Gasteiger partial charge is 0.251 e. The molecule has 1 aliphatic rings. The van der Waals surface area contributed by atoms with Crippen molar-refractivity contribution in [1.29, 1.82) is 0 Å². The molecule has 0 aromatic carbocycles. The highest BCUT2D eigenvalue weighted by Crippen LogP contribution is 2.19. The summed E-state index contributed by atoms with van der Waals surface area (Å²) in [5.41, 5.74) is 0. The zero-order chi connectivity index (χ0) is 9.19. The van der Waals surface area contributed by atoms with Crippen molar-refractivity contribution < 1.29 is 12.8 Å². The lowest BCUT2D eigenvalue weighted by molar-refractivity contribution is 0.366. The summed E-state index contributed by atoms with van der Waals surface area (Å²) in [6, 6.07) is 0. The van der Waals surface area contributed by atoms with Gasteiger partial charge in [0.1, 0.15) is 0 Å². The van der Waals surface area contributed by atoms with Crippen LogP contribution < -0.4 is 0 Å². The predicted molar refractivity (Wildman–Crippen MR) is 45.1 cm³/mol. The molecule has 0 bridgehead atoms. The van der Waals surface area contributed by atoms with Crippen LogP contribution >= 0.6 is 0 Å². The Kier molecular flexibility index (Phi) is 3.06. The molecular weight excluding hydrogens is 181 g/mol. The summed E-state index contributed by atoms with van der Waals surface area (Å²) in [6.07, 6.45) is 0.662. The molecule has 72 valence electrons. The average Bonchev–Trinajstić information content (AvgIpc) is 2.52. The zero-order valence-electron chi connectivity index (χ0n) is 7.16. The number of halogens is 1. The molecule has 0 N–H and O–H groups in total. The number of alkyl halides is 1. The minimum atomic E-state index is -3.07. The molecule has 0 amide bonds. The molecule has 12 heavy (non-hydrogen) atoms. The van der Waals surface area contributed by atoms with Gasteiger partial charge in [-0.3, -0.25) is 4.39 Å². The highest BCUT2D eigenvalue weighted by molar-refractivity contribution is 7.89. The highest BCUT2D eigenvalue weighted by Gasteiger charge is 2.29. The summed E-state index contributed by atoms with van der Waals surface area (Å²) in [7, 11) is -3.07. The molecule has 1 rings (SSSR count). The zero-order valence-corrected chi connectivity index (χ0v) is 7.98. The molecule has 1 saturated heterocycles. The molecule has 1 atom stereocenters. The van der Waals surface area contributed by atoms with Crippen molar-refractivity contribution in [2.45, 2.75) is 13.3 Å². The van der Waals surface area contributed by atoms with Crippen LogP contribution in [0, 0.1) is 5.92 Å². The standard InChI is InChI=1S/C7H14FNO2S/c1-2-12(10,11)9-4-3-7(5-8)6-9/h7H,2-6H2,1H3/t7-/m1/s1. The molecule has 0 aromatic heterocycles. The van der Waals surface area contributed by atoms with Crippen LogP contribution in [0.4, 0.5) is 4.39 Å². The fourth-order valence-corrected chi connectivity index (χ4v) is 2.54. The van der Waals surface area contributed by atoms with E-state index in [-0.39, 0.29) is 11.7 Å². The van der Waals surface area contributed by atoms with Crippen molar-refractivity contribution in [2.75, 3.05) is 25.5 Å². The van der Waals surface area contributed by atoms with Gasteiger partial charge >= 0.3 is 0 Å². The van der Waals surface area contributed by atoms with E-state index in [0.29, 0.717) is 19.5 Å². The first-order chi connectivity index (χ1) is 5.60. The second-order valence-electron chi connectivity index (χ2n) is 3.07. The summed E-state index contributed by atoms with van der Waals surface area (Å²) in [6.45, 7) is 2.06. The van der Waals surface area contributed by atoms with Crippen LogP contribution in [0.3, 0.4) is 0 Å². The van der Waals surface area contributed by atoms with Crippen molar-refractivity contribution in [3.8, 4) is 0 Å². The molecule has 0 saturated carbocycles. The van der Waals surface area contributed by atoms with Crippen molar-refractivity contribution in [3.05, 3.63) is 0 Å². The van der Waals surface area contributed by atoms with E-state index in [4.69, 9.17) is 0 Å². The number of sulfonamides is 1. The van der Waals surface area contributed by atoms with Crippen LogP contribution in [0.15, 0.2) is 0 Å². The number of rotatable bonds is 3. The van der Waals surface area contributed by atoms with Crippen LogP contribution in [0.1, 0.15) is 13.3 Å². The van der Waals surface area contributed by atoms with Gasteiger partial charge in [-0.05, 0) is 13.3 Å². The maximum atomic E-state index is 12.1. The molecule has 1 aliphatic heterocycles. The van der Waals surface area contributed by atoms with E-state index in [1.54, 1.807) is 6.92 Å². The lowest BCUT2D eigenvalue weighted by atomic mass is 10.1. The second kappa shape index (κ2) is 3.70. The SMILES string of the molecule is CCS(=O)(=O)N1CC[C@H](CF)C1. The van der Waals surface area contributed by atoms with E-state index in [0.717, 1.165) is 0 Å². The van der Waals surface area contributed by atoms with Gasteiger partial charge in [0.25, 0.3) is 0 Å². The molecule has 0 aromatic rings. The van der Waals surface area contributed by atoms with Gasteiger partial charge in [-0.2, -0.15) is 0 Å². The van der Waals surface area contributed by atoms with Gasteiger partial charge in [-0.1, -0.05) is 0 Å². The highest BCUT2D eigenvalue weighted by atomic mass is 32.2. The molecule has 0 spiro atoms. The Balaban J connectivity index is 2.58. The fourth-order valence-electron chi connectivity index (χ4n) is 1.36. The fraction of sp³-hybridized carbons (Fsp3) is 1.00. The van der Waals surface area contributed by atoms with Crippen molar-refractivity contribution >= 4 is 10.0 Å². The first kappa shape index (κ1) is 9.92. The Morgan fingerprint density at radius 3 is 2.67 bits per heavy atom. The summed E-state index contributed by atoms with van der Waals surface area (Å²) >= 11 is 0. The minimum Gasteiger partial charge on any atom is -0.251 e. The molecule has 0 unspecified atom stereocenters. The molecule has 1 heterocycles. The minimum absolute atomic E-state index is 0.0775. The molecule has 0 radical (unpaired) electrons. The van der Waals surface area contributed by atoms with Crippen LogP contribution in [0.25, 0.3) is 0 Å². The van der Waals surface area contributed by atoms with E-state index in [1.807, 2.05) is 0 Å². The first-order valence-corrected chi connectivity index (χ1v) is 5.75. The Morgan fingerprint density at radius 2 is 2.25 bits per heavy atom. The van der Waals surface area contributed by atoms with Crippen molar-refractivity contribution in [2.24, 2.45) is 5.92 Å². The van der Waals surface area contributed by atoms with Gasteiger partial charge < -0.3 is 0 Å². The molecule has 3 nitrogen and oxygen atoms in total. The lowest BCUT2D eigenvalue weighted by Crippen LogP contribution is -2.30.